The molecular formula is C33H51BrN4O8. The monoisotopic (exact) mass is 710 g/mol. The van der Waals surface area contributed by atoms with Crippen molar-refractivity contribution in [2.45, 2.75) is 81.2 Å². The van der Waals surface area contributed by atoms with Crippen LogP contribution >= 0.6 is 15.9 Å². The molecule has 46 heavy (non-hydrogen) atoms. The summed E-state index contributed by atoms with van der Waals surface area (Å²) in [6.07, 6.45) is 3.66. The minimum atomic E-state index is -1.28. The van der Waals surface area contributed by atoms with Gasteiger partial charge in [0.05, 0.1) is 50.3 Å². The van der Waals surface area contributed by atoms with Crippen LogP contribution in [0.15, 0.2) is 25.3 Å². The molecule has 4 heterocycles. The fourth-order valence-corrected chi connectivity index (χ4v) is 8.38. The number of likely N-dealkylation sites (tertiary alicyclic amines) is 1. The maximum Gasteiger partial charge on any atom is 0.312 e. The molecule has 1 spiro atoms. The lowest BCUT2D eigenvalue weighted by Gasteiger charge is -2.40. The summed E-state index contributed by atoms with van der Waals surface area (Å²) in [6.45, 7) is 17.1. The molecule has 0 radical (unpaired) electrons. The van der Waals surface area contributed by atoms with E-state index in [1.54, 1.807) is 24.0 Å². The second kappa shape index (κ2) is 16.2. The lowest BCUT2D eigenvalue weighted by Crippen LogP contribution is -2.59. The van der Waals surface area contributed by atoms with Crippen LogP contribution in [-0.4, -0.2) is 137 Å². The van der Waals surface area contributed by atoms with Crippen LogP contribution in [0.3, 0.4) is 0 Å². The molecule has 0 aromatic rings. The number of ether oxygens (including phenoxy) is 3. The van der Waals surface area contributed by atoms with Crippen molar-refractivity contribution in [3.63, 3.8) is 0 Å². The Morgan fingerprint density at radius 1 is 1.22 bits per heavy atom. The Kier molecular flexibility index (Phi) is 12.8. The van der Waals surface area contributed by atoms with Crippen molar-refractivity contribution in [2.75, 3.05) is 59.1 Å². The Morgan fingerprint density at radius 2 is 1.93 bits per heavy atom. The summed E-state index contributed by atoms with van der Waals surface area (Å²) in [7, 11) is 0. The molecule has 4 saturated heterocycles. The Hall–Kier alpha value is -2.32. The van der Waals surface area contributed by atoms with E-state index in [4.69, 9.17) is 14.2 Å². The molecule has 12 nitrogen and oxygen atoms in total. The summed E-state index contributed by atoms with van der Waals surface area (Å²) in [4.78, 5) is 60.3. The van der Waals surface area contributed by atoms with Gasteiger partial charge in [-0.2, -0.15) is 0 Å². The van der Waals surface area contributed by atoms with Gasteiger partial charge in [0.25, 0.3) is 0 Å². The maximum atomic E-state index is 14.7. The molecular weight excluding hydrogens is 660 g/mol. The van der Waals surface area contributed by atoms with Gasteiger partial charge in [-0.3, -0.25) is 24.1 Å². The molecule has 258 valence electrons. The van der Waals surface area contributed by atoms with E-state index in [1.165, 1.54) is 4.90 Å². The molecule has 4 aliphatic rings. The highest BCUT2D eigenvalue weighted by atomic mass is 79.9. The lowest BCUT2D eigenvalue weighted by atomic mass is 9.70. The number of carbonyl (C=O) groups excluding carboxylic acids is 4. The van der Waals surface area contributed by atoms with Crippen LogP contribution < -0.4 is 5.32 Å². The van der Waals surface area contributed by atoms with E-state index < -0.39 is 47.7 Å². The third kappa shape index (κ3) is 7.69. The van der Waals surface area contributed by atoms with Gasteiger partial charge in [-0.05, 0) is 32.1 Å². The molecule has 3 amide bonds. The Labute approximate surface area is 280 Å². The fourth-order valence-electron chi connectivity index (χ4n) is 7.43. The second-order valence-corrected chi connectivity index (χ2v) is 14.5. The minimum Gasteiger partial charge on any atom is -0.460 e. The van der Waals surface area contributed by atoms with Crippen molar-refractivity contribution in [3.05, 3.63) is 25.3 Å². The average molecular weight is 712 g/mol. The van der Waals surface area contributed by atoms with E-state index in [0.29, 0.717) is 45.6 Å². The SMILES string of the molecule is C=CCCC(=O)NC[C@@H](C)OC(=O)[C@@H]1[C@H]2O[C@@]3(CC2Br)[C@H](C(=O)N(CC=C)CCN2CCOCC2)N([C@@H](CO)CC(C)C)C(=O)[C@@H]13. The van der Waals surface area contributed by atoms with Gasteiger partial charge in [0.1, 0.15) is 17.7 Å². The number of fused-ring (bicyclic) bond motifs is 1. The van der Waals surface area contributed by atoms with Gasteiger partial charge in [-0.15, -0.1) is 13.2 Å². The number of aliphatic hydroxyl groups excluding tert-OH is 1. The summed E-state index contributed by atoms with van der Waals surface area (Å²) in [5.74, 6) is -3.21. The Morgan fingerprint density at radius 3 is 2.57 bits per heavy atom. The normalized spacial score (nSPS) is 30.2. The van der Waals surface area contributed by atoms with Crippen LogP contribution in [0.25, 0.3) is 0 Å². The predicted molar refractivity (Wildman–Crippen MR) is 175 cm³/mol. The molecule has 1 unspecified atom stereocenters. The van der Waals surface area contributed by atoms with Gasteiger partial charge in [0, 0.05) is 44.0 Å². The number of aliphatic hydroxyl groups is 1. The van der Waals surface area contributed by atoms with E-state index in [9.17, 15) is 24.3 Å². The first kappa shape index (κ1) is 36.5. The zero-order valence-corrected chi connectivity index (χ0v) is 29.0. The first-order valence-corrected chi connectivity index (χ1v) is 17.4. The second-order valence-electron chi connectivity index (χ2n) is 13.3. The molecule has 4 rings (SSSR count). The van der Waals surface area contributed by atoms with E-state index in [0.717, 1.165) is 13.1 Å². The van der Waals surface area contributed by atoms with Gasteiger partial charge in [0.2, 0.25) is 17.7 Å². The van der Waals surface area contributed by atoms with Gasteiger partial charge in [0.15, 0.2) is 0 Å². The van der Waals surface area contributed by atoms with E-state index >= 15 is 0 Å². The van der Waals surface area contributed by atoms with Crippen molar-refractivity contribution in [1.82, 2.24) is 20.0 Å². The third-order valence-electron chi connectivity index (χ3n) is 9.51. The number of alkyl halides is 1. The van der Waals surface area contributed by atoms with Crippen LogP contribution in [0.4, 0.5) is 0 Å². The number of nitrogens with zero attached hydrogens (tertiary/aromatic N) is 3. The highest BCUT2D eigenvalue weighted by Gasteiger charge is 2.77. The lowest BCUT2D eigenvalue weighted by molar-refractivity contribution is -0.160. The van der Waals surface area contributed by atoms with Gasteiger partial charge in [-0.25, -0.2) is 0 Å². The van der Waals surface area contributed by atoms with E-state index in [2.05, 4.69) is 39.3 Å². The number of hydrogen-bond acceptors (Lipinski definition) is 9. The summed E-state index contributed by atoms with van der Waals surface area (Å²) in [6, 6.07) is -1.67. The molecule has 2 N–H and O–H groups in total. The maximum absolute atomic E-state index is 14.7. The summed E-state index contributed by atoms with van der Waals surface area (Å²) in [5, 5.41) is 13.3. The third-order valence-corrected chi connectivity index (χ3v) is 10.4. The van der Waals surface area contributed by atoms with Crippen LogP contribution in [0.1, 0.15) is 46.5 Å². The molecule has 4 fully saturated rings. The Bertz CT molecular complexity index is 1130. The van der Waals surface area contributed by atoms with Crippen LogP contribution in [0, 0.1) is 17.8 Å². The van der Waals surface area contributed by atoms with Crippen molar-refractivity contribution >= 4 is 39.6 Å². The topological polar surface area (TPSA) is 138 Å². The highest BCUT2D eigenvalue weighted by Crippen LogP contribution is 2.61. The zero-order valence-electron chi connectivity index (χ0n) is 27.4. The number of nitrogens with one attached hydrogen (secondary N) is 1. The molecule has 8 atom stereocenters. The number of rotatable bonds is 17. The van der Waals surface area contributed by atoms with Gasteiger partial charge < -0.3 is 34.4 Å². The van der Waals surface area contributed by atoms with E-state index in [1.807, 2.05) is 13.8 Å². The number of allylic oxidation sites excluding steroid dienone is 1. The molecule has 0 aromatic carbocycles. The number of halogens is 1. The Balaban J connectivity index is 1.62. The van der Waals surface area contributed by atoms with Crippen LogP contribution in [-0.2, 0) is 33.4 Å². The van der Waals surface area contributed by atoms with Crippen LogP contribution in [0.5, 0.6) is 0 Å². The minimum absolute atomic E-state index is 0.120. The smallest absolute Gasteiger partial charge is 0.312 e. The van der Waals surface area contributed by atoms with Crippen molar-refractivity contribution < 1.29 is 38.5 Å². The highest BCUT2D eigenvalue weighted by molar-refractivity contribution is 9.09. The number of carbonyl (C=O) groups is 4. The standard InChI is InChI=1S/C33H51BrN4O8/c1-6-8-9-25(40)35-19-22(5)45-32(43)26-27-30(41)38(23(20-39)17-21(3)4)29(33(27)18-24(34)28(26)46-33)31(42)37(10-7-2)12-11-36-13-15-44-16-14-36/h6-7,21-24,26-29,39H,1-2,8-20H2,3-5H3,(H,35,40)/t22-,23-,24?,26+,27-,28+,29+,33-/m1/s1. The quantitative estimate of drug-likeness (QED) is 0.131. The number of esters is 1. The molecule has 0 aliphatic carbocycles. The summed E-state index contributed by atoms with van der Waals surface area (Å²) in [5.41, 5.74) is -1.28. The molecule has 0 aromatic heterocycles. The molecule has 4 aliphatic heterocycles. The number of hydrogen-bond donors (Lipinski definition) is 2. The summed E-state index contributed by atoms with van der Waals surface area (Å²) < 4.78 is 17.9. The van der Waals surface area contributed by atoms with Gasteiger partial charge in [-0.1, -0.05) is 41.9 Å². The molecule has 2 bridgehead atoms. The predicted octanol–water partition coefficient (Wildman–Crippen LogP) is 1.50. The average Bonchev–Trinajstić information content (AvgIpc) is 3.63. The first-order valence-electron chi connectivity index (χ1n) is 16.5. The van der Waals surface area contributed by atoms with Crippen molar-refractivity contribution in [1.29, 1.82) is 0 Å². The zero-order chi connectivity index (χ0) is 33.6. The largest absolute Gasteiger partial charge is 0.460 e. The number of morpholine rings is 1. The molecule has 13 heteroatoms. The first-order chi connectivity index (χ1) is 22.0. The van der Waals surface area contributed by atoms with Crippen molar-refractivity contribution in [2.24, 2.45) is 17.8 Å². The molecule has 0 saturated carbocycles. The van der Waals surface area contributed by atoms with Gasteiger partial charge >= 0.3 is 5.97 Å². The van der Waals surface area contributed by atoms with Crippen LogP contribution in [0.2, 0.25) is 0 Å². The van der Waals surface area contributed by atoms with E-state index in [-0.39, 0.29) is 54.6 Å². The number of amides is 3. The fraction of sp³-hybridized carbons (Fsp3) is 0.758. The van der Waals surface area contributed by atoms with Crippen molar-refractivity contribution in [3.8, 4) is 0 Å². The summed E-state index contributed by atoms with van der Waals surface area (Å²) >= 11 is 3.70.